The van der Waals surface area contributed by atoms with Gasteiger partial charge in [0, 0.05) is 18.0 Å². The van der Waals surface area contributed by atoms with Crippen LogP contribution >= 0.6 is 0 Å². The largest absolute Gasteiger partial charge is 0.481 e. The van der Waals surface area contributed by atoms with Crippen molar-refractivity contribution < 1.29 is 14.7 Å². The molecule has 0 radical (unpaired) electrons. The molecule has 0 saturated carbocycles. The van der Waals surface area contributed by atoms with E-state index >= 15 is 0 Å². The van der Waals surface area contributed by atoms with E-state index in [1.54, 1.807) is 0 Å². The van der Waals surface area contributed by atoms with E-state index in [1.807, 2.05) is 66.7 Å². The number of amidine groups is 1. The number of fused-ring (bicyclic) bond motifs is 1. The van der Waals surface area contributed by atoms with Gasteiger partial charge in [-0.1, -0.05) is 66.7 Å². The molecule has 0 aromatic heterocycles. The van der Waals surface area contributed by atoms with Crippen molar-refractivity contribution in [2.45, 2.75) is 44.6 Å². The maximum atomic E-state index is 12.5. The molecule has 3 aromatic carbocycles. The Hall–Kier alpha value is -3.67. The summed E-state index contributed by atoms with van der Waals surface area (Å²) in [6, 6.07) is 21.0. The van der Waals surface area contributed by atoms with E-state index in [4.69, 9.17) is 11.1 Å². The lowest BCUT2D eigenvalue weighted by molar-refractivity contribution is -0.137. The zero-order chi connectivity index (χ0) is 22.9. The molecule has 6 heteroatoms. The fraction of sp³-hybridized carbons (Fsp3) is 0.269. The third kappa shape index (κ3) is 6.67. The number of aliphatic carboxylic acids is 1. The van der Waals surface area contributed by atoms with Gasteiger partial charge in [-0.15, -0.1) is 0 Å². The SMILES string of the molecule is N=C(N)c1ccc(CCCCC(=O)NC(CC(=O)O)Cc2cccc3ccccc23)cc1. The fourth-order valence-corrected chi connectivity index (χ4v) is 3.89. The zero-order valence-electron chi connectivity index (χ0n) is 18.0. The fourth-order valence-electron chi connectivity index (χ4n) is 3.89. The van der Waals surface area contributed by atoms with Gasteiger partial charge in [0.2, 0.25) is 5.91 Å². The number of amides is 1. The average molecular weight is 432 g/mol. The van der Waals surface area contributed by atoms with E-state index in [9.17, 15) is 14.7 Å². The lowest BCUT2D eigenvalue weighted by Crippen LogP contribution is -2.38. The van der Waals surface area contributed by atoms with Crippen LogP contribution in [0.4, 0.5) is 0 Å². The van der Waals surface area contributed by atoms with Gasteiger partial charge in [-0.3, -0.25) is 15.0 Å². The molecule has 1 unspecified atom stereocenters. The van der Waals surface area contributed by atoms with Crippen LogP contribution in [0.15, 0.2) is 66.7 Å². The molecule has 5 N–H and O–H groups in total. The van der Waals surface area contributed by atoms with Crippen LogP contribution in [0.25, 0.3) is 10.8 Å². The van der Waals surface area contributed by atoms with Gasteiger partial charge in [-0.2, -0.15) is 0 Å². The predicted octanol–water partition coefficient (Wildman–Crippen LogP) is 4.04. The number of carbonyl (C=O) groups is 2. The van der Waals surface area contributed by atoms with Crippen molar-refractivity contribution in [2.24, 2.45) is 5.73 Å². The molecule has 0 saturated heterocycles. The van der Waals surface area contributed by atoms with Crippen molar-refractivity contribution in [3.63, 3.8) is 0 Å². The standard InChI is InChI=1S/C26H29N3O3/c27-26(28)20-14-12-18(13-15-20)6-1-4-11-24(30)29-22(17-25(31)32)16-21-9-5-8-19-7-2-3-10-23(19)21/h2-3,5,7-10,12-15,22H,1,4,6,11,16-17H2,(H3,27,28)(H,29,30)(H,31,32). The van der Waals surface area contributed by atoms with E-state index in [2.05, 4.69) is 5.32 Å². The number of benzene rings is 3. The normalized spacial score (nSPS) is 11.8. The van der Waals surface area contributed by atoms with Gasteiger partial charge < -0.3 is 16.2 Å². The molecule has 3 aromatic rings. The van der Waals surface area contributed by atoms with Crippen LogP contribution < -0.4 is 11.1 Å². The number of unbranched alkanes of at least 4 members (excludes halogenated alkanes) is 1. The summed E-state index contributed by atoms with van der Waals surface area (Å²) in [5.74, 6) is -0.999. The van der Waals surface area contributed by atoms with Crippen LogP contribution in [0.3, 0.4) is 0 Å². The molecule has 32 heavy (non-hydrogen) atoms. The summed E-state index contributed by atoms with van der Waals surface area (Å²) >= 11 is 0. The molecule has 0 fully saturated rings. The lowest BCUT2D eigenvalue weighted by Gasteiger charge is -2.18. The molecular weight excluding hydrogens is 402 g/mol. The van der Waals surface area contributed by atoms with Crippen molar-refractivity contribution in [3.05, 3.63) is 83.4 Å². The summed E-state index contributed by atoms with van der Waals surface area (Å²) in [5.41, 5.74) is 8.33. The van der Waals surface area contributed by atoms with Crippen LogP contribution in [0.2, 0.25) is 0 Å². The summed E-state index contributed by atoms with van der Waals surface area (Å²) in [6.07, 6.45) is 3.12. The Bertz CT molecular complexity index is 1090. The second-order valence-corrected chi connectivity index (χ2v) is 8.02. The number of aryl methyl sites for hydroxylation is 1. The molecule has 166 valence electrons. The van der Waals surface area contributed by atoms with E-state index in [1.165, 1.54) is 0 Å². The molecular formula is C26H29N3O3. The number of rotatable bonds is 11. The second-order valence-electron chi connectivity index (χ2n) is 8.02. The molecule has 0 aliphatic rings. The summed E-state index contributed by atoms with van der Waals surface area (Å²) in [4.78, 5) is 23.8. The maximum absolute atomic E-state index is 12.5. The van der Waals surface area contributed by atoms with E-state index < -0.39 is 12.0 Å². The minimum atomic E-state index is -0.926. The number of carbonyl (C=O) groups excluding carboxylic acids is 1. The van der Waals surface area contributed by atoms with Crippen molar-refractivity contribution >= 4 is 28.5 Å². The number of hydrogen-bond acceptors (Lipinski definition) is 3. The number of nitrogen functional groups attached to an aromatic ring is 1. The smallest absolute Gasteiger partial charge is 0.305 e. The van der Waals surface area contributed by atoms with Crippen LogP contribution in [-0.2, 0) is 22.4 Å². The first kappa shape index (κ1) is 23.0. The molecule has 0 bridgehead atoms. The van der Waals surface area contributed by atoms with E-state index in [-0.39, 0.29) is 18.2 Å². The van der Waals surface area contributed by atoms with Crippen molar-refractivity contribution in [3.8, 4) is 0 Å². The Morgan fingerprint density at radius 1 is 0.969 bits per heavy atom. The molecule has 3 rings (SSSR count). The zero-order valence-corrected chi connectivity index (χ0v) is 18.0. The molecule has 0 spiro atoms. The Kier molecular flexibility index (Phi) is 7.97. The van der Waals surface area contributed by atoms with Gasteiger partial charge in [0.1, 0.15) is 5.84 Å². The molecule has 0 heterocycles. The monoisotopic (exact) mass is 431 g/mol. The van der Waals surface area contributed by atoms with Crippen LogP contribution in [0.1, 0.15) is 42.4 Å². The minimum Gasteiger partial charge on any atom is -0.481 e. The Balaban J connectivity index is 1.52. The Labute approximate surface area is 188 Å². The predicted molar refractivity (Wildman–Crippen MR) is 127 cm³/mol. The first-order valence-electron chi connectivity index (χ1n) is 10.8. The quantitative estimate of drug-likeness (QED) is 0.208. The van der Waals surface area contributed by atoms with Crippen molar-refractivity contribution in [2.75, 3.05) is 0 Å². The van der Waals surface area contributed by atoms with Crippen LogP contribution in [0, 0.1) is 5.41 Å². The molecule has 0 aliphatic heterocycles. The minimum absolute atomic E-state index is 0.0487. The van der Waals surface area contributed by atoms with Gasteiger partial charge in [-0.05, 0) is 47.6 Å². The van der Waals surface area contributed by atoms with Crippen molar-refractivity contribution in [1.29, 1.82) is 5.41 Å². The maximum Gasteiger partial charge on any atom is 0.305 e. The highest BCUT2D eigenvalue weighted by molar-refractivity contribution is 5.94. The summed E-state index contributed by atoms with van der Waals surface area (Å²) < 4.78 is 0. The first-order chi connectivity index (χ1) is 15.4. The molecule has 1 amide bonds. The average Bonchev–Trinajstić information content (AvgIpc) is 2.77. The summed E-state index contributed by atoms with van der Waals surface area (Å²) in [6.45, 7) is 0. The van der Waals surface area contributed by atoms with Gasteiger partial charge in [-0.25, -0.2) is 0 Å². The summed E-state index contributed by atoms with van der Waals surface area (Å²) in [5, 5.41) is 21.8. The van der Waals surface area contributed by atoms with Gasteiger partial charge in [0.15, 0.2) is 0 Å². The second kappa shape index (κ2) is 11.1. The number of carboxylic acid groups (broad SMARTS) is 1. The molecule has 0 aliphatic carbocycles. The highest BCUT2D eigenvalue weighted by Gasteiger charge is 2.17. The highest BCUT2D eigenvalue weighted by Crippen LogP contribution is 2.20. The van der Waals surface area contributed by atoms with Crippen LogP contribution in [0.5, 0.6) is 0 Å². The number of carboxylic acids is 1. The van der Waals surface area contributed by atoms with Crippen molar-refractivity contribution in [1.82, 2.24) is 5.32 Å². The lowest BCUT2D eigenvalue weighted by atomic mass is 9.97. The first-order valence-corrected chi connectivity index (χ1v) is 10.8. The van der Waals surface area contributed by atoms with Crippen LogP contribution in [-0.4, -0.2) is 28.9 Å². The third-order valence-corrected chi connectivity index (χ3v) is 5.52. The summed E-state index contributed by atoms with van der Waals surface area (Å²) in [7, 11) is 0. The van der Waals surface area contributed by atoms with E-state index in [0.717, 1.165) is 34.7 Å². The van der Waals surface area contributed by atoms with Gasteiger partial charge in [0.25, 0.3) is 0 Å². The molecule has 1 atom stereocenters. The van der Waals surface area contributed by atoms with Gasteiger partial charge >= 0.3 is 5.97 Å². The van der Waals surface area contributed by atoms with Gasteiger partial charge in [0.05, 0.1) is 6.42 Å². The topological polar surface area (TPSA) is 116 Å². The third-order valence-electron chi connectivity index (χ3n) is 5.52. The molecule has 6 nitrogen and oxygen atoms in total. The number of nitrogens with one attached hydrogen (secondary N) is 2. The highest BCUT2D eigenvalue weighted by atomic mass is 16.4. The Morgan fingerprint density at radius 2 is 1.69 bits per heavy atom. The van der Waals surface area contributed by atoms with E-state index in [0.29, 0.717) is 24.8 Å². The Morgan fingerprint density at radius 3 is 2.41 bits per heavy atom. The number of nitrogens with two attached hydrogens (primary N) is 1. The number of hydrogen-bond donors (Lipinski definition) is 4.